The molecule has 1 aromatic rings. The predicted molar refractivity (Wildman–Crippen MR) is 49.2 cm³/mol. The molecule has 2 nitrogen and oxygen atoms in total. The van der Waals surface area contributed by atoms with Crippen molar-refractivity contribution in [2.45, 2.75) is 16.5 Å². The van der Waals surface area contributed by atoms with Gasteiger partial charge in [0.1, 0.15) is 0 Å². The number of alkyl halides is 3. The first-order valence-corrected chi connectivity index (χ1v) is 5.73. The van der Waals surface area contributed by atoms with Gasteiger partial charge < -0.3 is 0 Å². The average Bonchev–Trinajstić information content (AvgIpc) is 2.17. The number of hydrogen-bond donors (Lipinski definition) is 0. The molecule has 0 amide bonds. The van der Waals surface area contributed by atoms with Crippen LogP contribution in [0.25, 0.3) is 0 Å². The molecular formula is C8H7ClF2O2S. The zero-order valence-corrected chi connectivity index (χ0v) is 8.52. The Morgan fingerprint density at radius 1 is 1.21 bits per heavy atom. The highest BCUT2D eigenvalue weighted by molar-refractivity contribution is 7.91. The van der Waals surface area contributed by atoms with Crippen LogP contribution in [0.3, 0.4) is 0 Å². The summed E-state index contributed by atoms with van der Waals surface area (Å²) in [5.41, 5.74) is 0.680. The Morgan fingerprint density at radius 2 is 1.71 bits per heavy atom. The monoisotopic (exact) mass is 240 g/mol. The average molecular weight is 241 g/mol. The summed E-state index contributed by atoms with van der Waals surface area (Å²) in [7, 11) is -4.48. The van der Waals surface area contributed by atoms with Crippen molar-refractivity contribution in [2.75, 3.05) is 0 Å². The normalized spacial score (nSPS) is 12.0. The Balaban J connectivity index is 3.10. The lowest BCUT2D eigenvalue weighted by molar-refractivity contribution is 0.234. The van der Waals surface area contributed by atoms with E-state index in [0.29, 0.717) is 5.56 Å². The molecule has 0 saturated heterocycles. The number of halogens is 3. The quantitative estimate of drug-likeness (QED) is 0.761. The van der Waals surface area contributed by atoms with Gasteiger partial charge in [0.05, 0.1) is 4.90 Å². The van der Waals surface area contributed by atoms with Crippen molar-refractivity contribution in [2.24, 2.45) is 0 Å². The van der Waals surface area contributed by atoms with Gasteiger partial charge in [-0.2, -0.15) is 8.78 Å². The first-order valence-electron chi connectivity index (χ1n) is 3.65. The number of rotatable bonds is 3. The van der Waals surface area contributed by atoms with E-state index in [1.807, 2.05) is 0 Å². The fourth-order valence-electron chi connectivity index (χ4n) is 0.871. The van der Waals surface area contributed by atoms with Gasteiger partial charge >= 0.3 is 5.76 Å². The topological polar surface area (TPSA) is 34.1 Å². The zero-order valence-electron chi connectivity index (χ0n) is 6.95. The molecule has 6 heteroatoms. The Bertz CT molecular complexity index is 400. The second kappa shape index (κ2) is 4.23. The summed E-state index contributed by atoms with van der Waals surface area (Å²) in [4.78, 5) is -0.388. The van der Waals surface area contributed by atoms with Gasteiger partial charge in [0, 0.05) is 5.88 Å². The summed E-state index contributed by atoms with van der Waals surface area (Å²) < 4.78 is 46.0. The molecule has 0 N–H and O–H groups in total. The third kappa shape index (κ3) is 2.22. The Labute approximate surface area is 85.4 Å². The molecule has 0 unspecified atom stereocenters. The standard InChI is InChI=1S/C8H7ClF2O2S/c9-5-6-1-3-7(4-2-6)14(12,13)8(10)11/h1-4,8H,5H2. The summed E-state index contributed by atoms with van der Waals surface area (Å²) in [6.45, 7) is 0. The van der Waals surface area contributed by atoms with E-state index in [-0.39, 0.29) is 10.8 Å². The molecule has 14 heavy (non-hydrogen) atoms. The first kappa shape index (κ1) is 11.4. The fourth-order valence-corrected chi connectivity index (χ4v) is 1.77. The molecule has 0 atom stereocenters. The van der Waals surface area contributed by atoms with Crippen molar-refractivity contribution in [3.8, 4) is 0 Å². The minimum absolute atomic E-state index is 0.217. The van der Waals surface area contributed by atoms with Gasteiger partial charge in [-0.3, -0.25) is 0 Å². The smallest absolute Gasteiger partial charge is 0.218 e. The lowest BCUT2D eigenvalue weighted by Gasteiger charge is -2.02. The van der Waals surface area contributed by atoms with Gasteiger partial charge in [0.25, 0.3) is 0 Å². The largest absolute Gasteiger partial charge is 0.341 e. The van der Waals surface area contributed by atoms with Gasteiger partial charge in [-0.1, -0.05) is 12.1 Å². The molecular weight excluding hydrogens is 234 g/mol. The van der Waals surface area contributed by atoms with E-state index in [4.69, 9.17) is 11.6 Å². The van der Waals surface area contributed by atoms with Crippen LogP contribution >= 0.6 is 11.6 Å². The van der Waals surface area contributed by atoms with E-state index in [2.05, 4.69) is 0 Å². The van der Waals surface area contributed by atoms with Crippen molar-refractivity contribution in [1.82, 2.24) is 0 Å². The van der Waals surface area contributed by atoms with Crippen LogP contribution in [0.15, 0.2) is 29.2 Å². The molecule has 0 aromatic heterocycles. The molecule has 0 saturated carbocycles. The highest BCUT2D eigenvalue weighted by Crippen LogP contribution is 2.18. The highest BCUT2D eigenvalue weighted by Gasteiger charge is 2.25. The Morgan fingerprint density at radius 3 is 2.07 bits per heavy atom. The van der Waals surface area contributed by atoms with E-state index in [1.165, 1.54) is 12.1 Å². The van der Waals surface area contributed by atoms with Gasteiger partial charge in [-0.05, 0) is 17.7 Å². The SMILES string of the molecule is O=S(=O)(c1ccc(CCl)cc1)C(F)F. The summed E-state index contributed by atoms with van der Waals surface area (Å²) in [5, 5.41) is 0. The molecule has 0 aliphatic heterocycles. The van der Waals surface area contributed by atoms with Crippen molar-refractivity contribution in [3.05, 3.63) is 29.8 Å². The van der Waals surface area contributed by atoms with E-state index in [1.54, 1.807) is 0 Å². The van der Waals surface area contributed by atoms with Crippen molar-refractivity contribution in [3.63, 3.8) is 0 Å². The molecule has 0 radical (unpaired) electrons. The second-order valence-corrected chi connectivity index (χ2v) is 4.77. The van der Waals surface area contributed by atoms with Crippen LogP contribution in [-0.4, -0.2) is 14.2 Å². The van der Waals surface area contributed by atoms with Crippen molar-refractivity contribution in [1.29, 1.82) is 0 Å². The number of hydrogen-bond acceptors (Lipinski definition) is 2. The third-order valence-electron chi connectivity index (χ3n) is 1.64. The van der Waals surface area contributed by atoms with Crippen LogP contribution in [0.2, 0.25) is 0 Å². The Hall–Kier alpha value is -0.680. The second-order valence-electron chi connectivity index (χ2n) is 2.58. The lowest BCUT2D eigenvalue weighted by Crippen LogP contribution is -2.11. The molecule has 0 spiro atoms. The van der Waals surface area contributed by atoms with Gasteiger partial charge in [-0.25, -0.2) is 8.42 Å². The van der Waals surface area contributed by atoms with Crippen LogP contribution in [0.1, 0.15) is 5.56 Å². The van der Waals surface area contributed by atoms with Crippen LogP contribution in [0, 0.1) is 0 Å². The maximum atomic E-state index is 12.1. The van der Waals surface area contributed by atoms with Crippen LogP contribution < -0.4 is 0 Å². The molecule has 0 aliphatic rings. The molecule has 0 bridgehead atoms. The van der Waals surface area contributed by atoms with Crippen LogP contribution in [0.5, 0.6) is 0 Å². The number of benzene rings is 1. The van der Waals surface area contributed by atoms with Crippen molar-refractivity contribution >= 4 is 21.4 Å². The van der Waals surface area contributed by atoms with Crippen LogP contribution in [-0.2, 0) is 15.7 Å². The van der Waals surface area contributed by atoms with Gasteiger partial charge in [0.15, 0.2) is 0 Å². The summed E-state index contributed by atoms with van der Waals surface area (Å²) in [6, 6.07) is 5.06. The van der Waals surface area contributed by atoms with Crippen LogP contribution in [0.4, 0.5) is 8.78 Å². The predicted octanol–water partition coefficient (Wildman–Crippen LogP) is 2.42. The maximum absolute atomic E-state index is 12.1. The van der Waals surface area contributed by atoms with E-state index in [0.717, 1.165) is 12.1 Å². The summed E-state index contributed by atoms with van der Waals surface area (Å²) in [6.07, 6.45) is 0. The van der Waals surface area contributed by atoms with Crippen molar-refractivity contribution < 1.29 is 17.2 Å². The molecule has 0 aliphatic carbocycles. The summed E-state index contributed by atoms with van der Waals surface area (Å²) >= 11 is 5.46. The minimum atomic E-state index is -4.48. The van der Waals surface area contributed by atoms with E-state index < -0.39 is 15.6 Å². The lowest BCUT2D eigenvalue weighted by atomic mass is 10.2. The third-order valence-corrected chi connectivity index (χ3v) is 3.35. The van der Waals surface area contributed by atoms with Gasteiger partial charge in [-0.15, -0.1) is 11.6 Å². The first-order chi connectivity index (χ1) is 6.48. The maximum Gasteiger partial charge on any atom is 0.341 e. The highest BCUT2D eigenvalue weighted by atomic mass is 35.5. The van der Waals surface area contributed by atoms with E-state index in [9.17, 15) is 17.2 Å². The molecule has 78 valence electrons. The van der Waals surface area contributed by atoms with E-state index >= 15 is 0 Å². The Kier molecular flexibility index (Phi) is 3.44. The fraction of sp³-hybridized carbons (Fsp3) is 0.250. The molecule has 0 fully saturated rings. The molecule has 1 rings (SSSR count). The van der Waals surface area contributed by atoms with Gasteiger partial charge in [0.2, 0.25) is 9.84 Å². The minimum Gasteiger partial charge on any atom is -0.218 e. The zero-order chi connectivity index (χ0) is 10.8. The molecule has 1 aromatic carbocycles. The summed E-state index contributed by atoms with van der Waals surface area (Å²) in [5.74, 6) is -3.17. The molecule has 0 heterocycles. The number of sulfone groups is 1.